The number of carbonyl (C=O) groups excluding carboxylic acids is 1. The molecule has 0 spiro atoms. The first kappa shape index (κ1) is 18.1. The van der Waals surface area contributed by atoms with E-state index in [1.54, 1.807) is 6.07 Å². The number of hydrogen-bond donors (Lipinski definition) is 1. The van der Waals surface area contributed by atoms with Crippen molar-refractivity contribution >= 4 is 17.5 Å². The maximum absolute atomic E-state index is 12.2. The third-order valence-corrected chi connectivity index (χ3v) is 3.91. The van der Waals surface area contributed by atoms with Crippen LogP contribution in [-0.2, 0) is 4.79 Å². The van der Waals surface area contributed by atoms with Gasteiger partial charge in [-0.15, -0.1) is 0 Å². The van der Waals surface area contributed by atoms with E-state index in [2.05, 4.69) is 5.32 Å². The Morgan fingerprint density at radius 3 is 2.58 bits per heavy atom. The molecule has 2 rings (SSSR count). The summed E-state index contributed by atoms with van der Waals surface area (Å²) in [6.45, 7) is 4.62. The lowest BCUT2D eigenvalue weighted by atomic mass is 10.2. The topological polar surface area (TPSA) is 47.6 Å². The fourth-order valence-electron chi connectivity index (χ4n) is 2.11. The van der Waals surface area contributed by atoms with E-state index in [1.165, 1.54) is 0 Å². The Morgan fingerprint density at radius 1 is 1.17 bits per heavy atom. The van der Waals surface area contributed by atoms with E-state index in [0.717, 1.165) is 5.56 Å². The Bertz CT molecular complexity index is 661. The van der Waals surface area contributed by atoms with Gasteiger partial charge >= 0.3 is 0 Å². The summed E-state index contributed by atoms with van der Waals surface area (Å²) in [5.74, 6) is 1.23. The minimum atomic E-state index is -0.513. The number of aryl methyl sites for hydroxylation is 1. The molecule has 1 N–H and O–H groups in total. The SMILES string of the molecule is CC[C@@H](Oc1ccccc1)C(=O)NCCOc1ccc(C)c(Cl)c1. The van der Waals surface area contributed by atoms with Crippen LogP contribution < -0.4 is 14.8 Å². The third-order valence-electron chi connectivity index (χ3n) is 3.50. The molecular weight excluding hydrogens is 326 g/mol. The monoisotopic (exact) mass is 347 g/mol. The molecule has 0 aromatic heterocycles. The summed E-state index contributed by atoms with van der Waals surface area (Å²) < 4.78 is 11.3. The third kappa shape index (κ3) is 5.46. The minimum Gasteiger partial charge on any atom is -0.492 e. The molecule has 2 aromatic rings. The predicted molar refractivity (Wildman–Crippen MR) is 95.8 cm³/mol. The highest BCUT2D eigenvalue weighted by Crippen LogP contribution is 2.21. The second-order valence-electron chi connectivity index (χ2n) is 5.38. The van der Waals surface area contributed by atoms with Crippen LogP contribution >= 0.6 is 11.6 Å². The molecule has 0 unspecified atom stereocenters. The largest absolute Gasteiger partial charge is 0.492 e. The number of hydrogen-bond acceptors (Lipinski definition) is 3. The lowest BCUT2D eigenvalue weighted by molar-refractivity contribution is -0.128. The average Bonchev–Trinajstić information content (AvgIpc) is 2.60. The summed E-state index contributed by atoms with van der Waals surface area (Å²) in [6, 6.07) is 14.9. The molecule has 1 amide bonds. The van der Waals surface area contributed by atoms with E-state index < -0.39 is 6.10 Å². The van der Waals surface area contributed by atoms with Crippen LogP contribution in [0.1, 0.15) is 18.9 Å². The Kier molecular flexibility index (Phi) is 6.94. The fourth-order valence-corrected chi connectivity index (χ4v) is 2.28. The molecule has 4 nitrogen and oxygen atoms in total. The normalized spacial score (nSPS) is 11.6. The molecule has 0 aliphatic heterocycles. The number of nitrogens with one attached hydrogen (secondary N) is 1. The Balaban J connectivity index is 1.76. The number of para-hydroxylation sites is 1. The summed E-state index contributed by atoms with van der Waals surface area (Å²) >= 11 is 6.05. The first-order chi connectivity index (χ1) is 11.6. The number of rotatable bonds is 8. The van der Waals surface area contributed by atoms with Gasteiger partial charge in [0.1, 0.15) is 18.1 Å². The summed E-state index contributed by atoms with van der Waals surface area (Å²) in [7, 11) is 0. The van der Waals surface area contributed by atoms with Gasteiger partial charge in [0.2, 0.25) is 0 Å². The molecule has 128 valence electrons. The lowest BCUT2D eigenvalue weighted by Crippen LogP contribution is -2.39. The van der Waals surface area contributed by atoms with Gasteiger partial charge in [0.25, 0.3) is 5.91 Å². The summed E-state index contributed by atoms with van der Waals surface area (Å²) in [6.07, 6.45) is 0.0797. The van der Waals surface area contributed by atoms with E-state index in [4.69, 9.17) is 21.1 Å². The van der Waals surface area contributed by atoms with Crippen molar-refractivity contribution in [3.63, 3.8) is 0 Å². The molecule has 24 heavy (non-hydrogen) atoms. The van der Waals surface area contributed by atoms with Crippen molar-refractivity contribution in [3.05, 3.63) is 59.1 Å². The van der Waals surface area contributed by atoms with Crippen LogP contribution in [0, 0.1) is 6.92 Å². The number of amides is 1. The second-order valence-corrected chi connectivity index (χ2v) is 5.79. The van der Waals surface area contributed by atoms with Gasteiger partial charge in [0.05, 0.1) is 6.54 Å². The molecule has 0 saturated heterocycles. The molecule has 1 atom stereocenters. The van der Waals surface area contributed by atoms with Crippen LogP contribution in [0.25, 0.3) is 0 Å². The molecule has 2 aromatic carbocycles. The molecule has 0 aliphatic rings. The molecule has 5 heteroatoms. The quantitative estimate of drug-likeness (QED) is 0.734. The van der Waals surface area contributed by atoms with Crippen molar-refractivity contribution in [2.45, 2.75) is 26.4 Å². The second kappa shape index (κ2) is 9.18. The van der Waals surface area contributed by atoms with E-state index in [-0.39, 0.29) is 5.91 Å². The van der Waals surface area contributed by atoms with Crippen LogP contribution in [0.3, 0.4) is 0 Å². The van der Waals surface area contributed by atoms with Gasteiger partial charge in [-0.3, -0.25) is 4.79 Å². The van der Waals surface area contributed by atoms with E-state index in [1.807, 2.05) is 56.3 Å². The zero-order valence-electron chi connectivity index (χ0n) is 13.9. The van der Waals surface area contributed by atoms with E-state index in [0.29, 0.717) is 36.1 Å². The molecular formula is C19H22ClNO3. The van der Waals surface area contributed by atoms with Gasteiger partial charge in [-0.2, -0.15) is 0 Å². The molecule has 0 aliphatic carbocycles. The predicted octanol–water partition coefficient (Wildman–Crippen LogP) is 4.00. The Hall–Kier alpha value is -2.20. The highest BCUT2D eigenvalue weighted by Gasteiger charge is 2.17. The van der Waals surface area contributed by atoms with E-state index in [9.17, 15) is 4.79 Å². The van der Waals surface area contributed by atoms with Gasteiger partial charge in [-0.25, -0.2) is 0 Å². The van der Waals surface area contributed by atoms with Gasteiger partial charge in [0.15, 0.2) is 6.10 Å². The standard InChI is InChI=1S/C19H22ClNO3/c1-3-18(24-15-7-5-4-6-8-15)19(22)21-11-12-23-16-10-9-14(2)17(20)13-16/h4-10,13,18H,3,11-12H2,1-2H3,(H,21,22)/t18-/m1/s1. The van der Waals surface area contributed by atoms with Crippen LogP contribution in [-0.4, -0.2) is 25.2 Å². The minimum absolute atomic E-state index is 0.146. The zero-order valence-corrected chi connectivity index (χ0v) is 14.7. The number of ether oxygens (including phenoxy) is 2. The average molecular weight is 348 g/mol. The maximum atomic E-state index is 12.2. The highest BCUT2D eigenvalue weighted by molar-refractivity contribution is 6.31. The van der Waals surface area contributed by atoms with Crippen molar-refractivity contribution < 1.29 is 14.3 Å². The van der Waals surface area contributed by atoms with Crippen molar-refractivity contribution in [2.24, 2.45) is 0 Å². The van der Waals surface area contributed by atoms with E-state index >= 15 is 0 Å². The molecule has 0 bridgehead atoms. The Labute approximate surface area is 147 Å². The number of halogens is 1. The zero-order chi connectivity index (χ0) is 17.4. The van der Waals surface area contributed by atoms with Crippen LogP contribution in [0.2, 0.25) is 5.02 Å². The Morgan fingerprint density at radius 2 is 1.92 bits per heavy atom. The smallest absolute Gasteiger partial charge is 0.261 e. The van der Waals surface area contributed by atoms with Crippen molar-refractivity contribution in [2.75, 3.05) is 13.2 Å². The van der Waals surface area contributed by atoms with Crippen molar-refractivity contribution in [1.82, 2.24) is 5.32 Å². The fraction of sp³-hybridized carbons (Fsp3) is 0.316. The molecule has 0 radical (unpaired) electrons. The molecule has 0 fully saturated rings. The number of benzene rings is 2. The van der Waals surface area contributed by atoms with Gasteiger partial charge in [-0.1, -0.05) is 42.8 Å². The molecule has 0 saturated carbocycles. The summed E-state index contributed by atoms with van der Waals surface area (Å²) in [5, 5.41) is 3.49. The van der Waals surface area contributed by atoms with Gasteiger partial charge in [-0.05, 0) is 43.2 Å². The van der Waals surface area contributed by atoms with Crippen molar-refractivity contribution in [3.8, 4) is 11.5 Å². The maximum Gasteiger partial charge on any atom is 0.261 e. The van der Waals surface area contributed by atoms with Crippen LogP contribution in [0.4, 0.5) is 0 Å². The first-order valence-corrected chi connectivity index (χ1v) is 8.36. The first-order valence-electron chi connectivity index (χ1n) is 7.98. The van der Waals surface area contributed by atoms with Crippen LogP contribution in [0.15, 0.2) is 48.5 Å². The van der Waals surface area contributed by atoms with Crippen molar-refractivity contribution in [1.29, 1.82) is 0 Å². The van der Waals surface area contributed by atoms with Gasteiger partial charge in [0, 0.05) is 5.02 Å². The number of carbonyl (C=O) groups is 1. The lowest BCUT2D eigenvalue weighted by Gasteiger charge is -2.17. The molecule has 0 heterocycles. The summed E-state index contributed by atoms with van der Waals surface area (Å²) in [5.41, 5.74) is 1.00. The van der Waals surface area contributed by atoms with Gasteiger partial charge < -0.3 is 14.8 Å². The highest BCUT2D eigenvalue weighted by atomic mass is 35.5. The van der Waals surface area contributed by atoms with Crippen LogP contribution in [0.5, 0.6) is 11.5 Å². The summed E-state index contributed by atoms with van der Waals surface area (Å²) in [4.78, 5) is 12.2.